The van der Waals surface area contributed by atoms with Crippen molar-refractivity contribution in [2.45, 2.75) is 52.7 Å². The van der Waals surface area contributed by atoms with Gasteiger partial charge < -0.3 is 24.6 Å². The fraction of sp³-hybridized carbons (Fsp3) is 0.500. The highest BCUT2D eigenvalue weighted by Crippen LogP contribution is 2.36. The average Bonchev–Trinajstić information content (AvgIpc) is 3.44. The van der Waals surface area contributed by atoms with Gasteiger partial charge in [-0.3, -0.25) is 4.90 Å². The molecule has 0 aromatic carbocycles. The van der Waals surface area contributed by atoms with Crippen molar-refractivity contribution in [2.75, 3.05) is 48.4 Å². The molecule has 0 aliphatic carbocycles. The van der Waals surface area contributed by atoms with Crippen LogP contribution in [0.5, 0.6) is 5.75 Å². The van der Waals surface area contributed by atoms with Crippen LogP contribution in [0.25, 0.3) is 5.65 Å². The predicted octanol–water partition coefficient (Wildman–Crippen LogP) is 3.48. The minimum Gasteiger partial charge on any atom is -0.494 e. The van der Waals surface area contributed by atoms with Crippen molar-refractivity contribution in [1.82, 2.24) is 24.5 Å². The van der Waals surface area contributed by atoms with Gasteiger partial charge in [0.15, 0.2) is 5.65 Å². The maximum Gasteiger partial charge on any atom is 0.410 e. The lowest BCUT2D eigenvalue weighted by Crippen LogP contribution is -2.55. The maximum atomic E-state index is 13.4. The number of hydrogen-bond donors (Lipinski definition) is 1. The van der Waals surface area contributed by atoms with Crippen molar-refractivity contribution in [1.29, 1.82) is 0 Å². The van der Waals surface area contributed by atoms with Gasteiger partial charge in [-0.2, -0.15) is 5.10 Å². The van der Waals surface area contributed by atoms with Gasteiger partial charge in [-0.15, -0.1) is 0 Å². The molecule has 38 heavy (non-hydrogen) atoms. The van der Waals surface area contributed by atoms with Gasteiger partial charge in [0.25, 0.3) is 0 Å². The number of carbonyl (C=O) groups is 2. The van der Waals surface area contributed by atoms with Crippen LogP contribution >= 0.6 is 0 Å². The van der Waals surface area contributed by atoms with Crippen molar-refractivity contribution in [3.8, 4) is 5.75 Å². The van der Waals surface area contributed by atoms with E-state index in [0.29, 0.717) is 61.3 Å². The third-order valence-electron chi connectivity index (χ3n) is 6.69. The first-order valence-corrected chi connectivity index (χ1v) is 12.8. The number of fused-ring (bicyclic) bond motifs is 2. The summed E-state index contributed by atoms with van der Waals surface area (Å²) < 4.78 is 12.7. The molecule has 0 unspecified atom stereocenters. The smallest absolute Gasteiger partial charge is 0.410 e. The molecular formula is C26H34N8O4. The molecule has 5 heterocycles. The number of rotatable bonds is 3. The second-order valence-corrected chi connectivity index (χ2v) is 10.7. The van der Waals surface area contributed by atoms with Gasteiger partial charge in [-0.05, 0) is 47.1 Å². The number of nitrogens with one attached hydrogen (secondary N) is 1. The van der Waals surface area contributed by atoms with Gasteiger partial charge in [-0.25, -0.2) is 24.1 Å². The first-order valence-electron chi connectivity index (χ1n) is 12.8. The van der Waals surface area contributed by atoms with Crippen LogP contribution in [0.15, 0.2) is 24.5 Å². The molecule has 1 N–H and O–H groups in total. The van der Waals surface area contributed by atoms with E-state index in [1.807, 2.05) is 33.8 Å². The molecule has 12 heteroatoms. The fourth-order valence-electron chi connectivity index (χ4n) is 5.00. The normalized spacial score (nSPS) is 17.5. The molecule has 3 amide bonds. The van der Waals surface area contributed by atoms with E-state index in [-0.39, 0.29) is 18.2 Å². The lowest BCUT2D eigenvalue weighted by Gasteiger charge is -2.41. The monoisotopic (exact) mass is 522 g/mol. The number of hydrogen-bond acceptors (Lipinski definition) is 8. The number of amides is 3. The van der Waals surface area contributed by atoms with Crippen molar-refractivity contribution in [3.63, 3.8) is 0 Å². The summed E-state index contributed by atoms with van der Waals surface area (Å²) in [4.78, 5) is 40.6. The minimum atomic E-state index is -0.534. The number of urea groups is 1. The fourth-order valence-corrected chi connectivity index (χ4v) is 5.00. The van der Waals surface area contributed by atoms with E-state index in [1.165, 1.54) is 0 Å². The lowest BCUT2D eigenvalue weighted by molar-refractivity contribution is 0.0159. The molecule has 1 atom stereocenters. The predicted molar refractivity (Wildman–Crippen MR) is 143 cm³/mol. The van der Waals surface area contributed by atoms with Crippen molar-refractivity contribution in [2.24, 2.45) is 0 Å². The third-order valence-corrected chi connectivity index (χ3v) is 6.69. The standard InChI is InChI=1S/C26H34N8O4/c1-16-14-31(11-12-32(16)25(36)38-26(3,4)5)20-7-9-27-23-18(20)8-10-33(23)24(35)29-19-15-34-22(13-21(19)37-6)28-17(2)30-34/h7,9,13,15-16H,8,10-12,14H2,1-6H3,(H,29,35)/t16-/m0/s1. The van der Waals surface area contributed by atoms with Gasteiger partial charge >= 0.3 is 12.1 Å². The van der Waals surface area contributed by atoms with Crippen molar-refractivity contribution >= 4 is 35.0 Å². The van der Waals surface area contributed by atoms with Crippen molar-refractivity contribution in [3.05, 3.63) is 35.9 Å². The summed E-state index contributed by atoms with van der Waals surface area (Å²) in [6, 6.07) is 3.40. The highest BCUT2D eigenvalue weighted by atomic mass is 16.6. The first-order chi connectivity index (χ1) is 18.0. The van der Waals surface area contributed by atoms with Crippen LogP contribution in [0.2, 0.25) is 0 Å². The number of ether oxygens (including phenoxy) is 2. The second kappa shape index (κ2) is 9.66. The van der Waals surface area contributed by atoms with Crippen molar-refractivity contribution < 1.29 is 19.1 Å². The zero-order valence-corrected chi connectivity index (χ0v) is 22.7. The number of aryl methyl sites for hydroxylation is 1. The zero-order valence-electron chi connectivity index (χ0n) is 22.7. The van der Waals surface area contributed by atoms with E-state index < -0.39 is 5.60 Å². The molecule has 1 saturated heterocycles. The number of aromatic nitrogens is 4. The quantitative estimate of drug-likeness (QED) is 0.556. The van der Waals surface area contributed by atoms with Crippen LogP contribution in [-0.4, -0.2) is 81.5 Å². The Morgan fingerprint density at radius 2 is 1.97 bits per heavy atom. The van der Waals surface area contributed by atoms with E-state index in [2.05, 4.69) is 25.3 Å². The molecule has 5 rings (SSSR count). The molecule has 2 aliphatic rings. The molecular weight excluding hydrogens is 488 g/mol. The summed E-state index contributed by atoms with van der Waals surface area (Å²) in [6.45, 7) is 11.8. The van der Waals surface area contributed by atoms with E-state index >= 15 is 0 Å². The summed E-state index contributed by atoms with van der Waals surface area (Å²) >= 11 is 0. The van der Waals surface area contributed by atoms with E-state index in [0.717, 1.165) is 11.3 Å². The van der Waals surface area contributed by atoms with E-state index in [1.54, 1.807) is 46.8 Å². The first kappa shape index (κ1) is 25.6. The molecule has 0 spiro atoms. The molecule has 202 valence electrons. The summed E-state index contributed by atoms with van der Waals surface area (Å²) in [7, 11) is 1.55. The Kier molecular flexibility index (Phi) is 6.49. The second-order valence-electron chi connectivity index (χ2n) is 10.7. The highest BCUT2D eigenvalue weighted by molar-refractivity contribution is 6.03. The molecule has 0 radical (unpaired) electrons. The molecule has 3 aromatic rings. The van der Waals surface area contributed by atoms with E-state index in [4.69, 9.17) is 9.47 Å². The minimum absolute atomic E-state index is 0.0222. The van der Waals surface area contributed by atoms with Gasteiger partial charge in [0, 0.05) is 55.7 Å². The molecule has 0 saturated carbocycles. The Labute approximate surface area is 221 Å². The van der Waals surface area contributed by atoms with Crippen LogP contribution < -0.4 is 19.9 Å². The summed E-state index contributed by atoms with van der Waals surface area (Å²) in [5.41, 5.74) is 2.66. The molecule has 2 aliphatic heterocycles. The van der Waals surface area contributed by atoms with Gasteiger partial charge in [0.2, 0.25) is 0 Å². The maximum absolute atomic E-state index is 13.4. The number of carbonyl (C=O) groups excluding carboxylic acids is 2. The van der Waals surface area contributed by atoms with Gasteiger partial charge in [0.1, 0.15) is 28.7 Å². The Morgan fingerprint density at radius 3 is 2.68 bits per heavy atom. The zero-order chi connectivity index (χ0) is 27.2. The van der Waals surface area contributed by atoms with Crippen LogP contribution in [0.3, 0.4) is 0 Å². The molecule has 3 aromatic heterocycles. The molecule has 0 bridgehead atoms. The van der Waals surface area contributed by atoms with Gasteiger partial charge in [-0.1, -0.05) is 0 Å². The number of piperazine rings is 1. The molecule has 1 fully saturated rings. The van der Waals surface area contributed by atoms with Gasteiger partial charge in [0.05, 0.1) is 13.3 Å². The average molecular weight is 523 g/mol. The highest BCUT2D eigenvalue weighted by Gasteiger charge is 2.34. The summed E-state index contributed by atoms with van der Waals surface area (Å²) in [6.07, 6.45) is 3.82. The number of methoxy groups -OCH3 is 1. The topological polar surface area (TPSA) is 117 Å². The Bertz CT molecular complexity index is 1380. The summed E-state index contributed by atoms with van der Waals surface area (Å²) in [5, 5.41) is 7.28. The molecule has 12 nitrogen and oxygen atoms in total. The Balaban J connectivity index is 1.32. The van der Waals surface area contributed by atoms with Crippen LogP contribution in [0.4, 0.5) is 26.8 Å². The third kappa shape index (κ3) is 4.90. The number of anilines is 3. The Hall–Kier alpha value is -4.09. The number of nitrogens with zero attached hydrogens (tertiary/aromatic N) is 7. The number of pyridine rings is 2. The van der Waals surface area contributed by atoms with E-state index in [9.17, 15) is 9.59 Å². The SMILES string of the molecule is COc1cc2nc(C)nn2cc1NC(=O)N1CCc2c(N3CCN(C(=O)OC(C)(C)C)[C@@H](C)C3)ccnc21. The van der Waals surface area contributed by atoms with Crippen LogP contribution in [-0.2, 0) is 11.2 Å². The lowest BCUT2D eigenvalue weighted by atomic mass is 10.1. The summed E-state index contributed by atoms with van der Waals surface area (Å²) in [5.74, 6) is 1.76. The van der Waals surface area contributed by atoms with Crippen LogP contribution in [0, 0.1) is 6.92 Å². The Morgan fingerprint density at radius 1 is 1.18 bits per heavy atom. The largest absolute Gasteiger partial charge is 0.494 e. The van der Waals surface area contributed by atoms with Crippen LogP contribution in [0.1, 0.15) is 39.1 Å².